The quantitative estimate of drug-likeness (QED) is 0.669. The average molecular weight is 422 g/mol. The number of aromatic hydroxyl groups is 1. The van der Waals surface area contributed by atoms with Crippen LogP contribution in [-0.4, -0.2) is 32.6 Å². The standard InChI is InChI=1S/C25H28FN3O2/c1-17-9-12-28(13-10-17)24(19-6-5-7-20(26)15-19)23-22(30)14-18(2)29(25(23)31)16-21-8-3-4-11-27-21/h3-8,11,14-15,17,24,30H,9-10,12-13,16H2,1-2H3. The van der Waals surface area contributed by atoms with Gasteiger partial charge in [0.1, 0.15) is 11.6 Å². The summed E-state index contributed by atoms with van der Waals surface area (Å²) in [6, 6.07) is 13.0. The Morgan fingerprint density at radius 2 is 1.94 bits per heavy atom. The summed E-state index contributed by atoms with van der Waals surface area (Å²) < 4.78 is 15.8. The van der Waals surface area contributed by atoms with Crippen molar-refractivity contribution < 1.29 is 9.50 Å². The molecule has 3 aromatic rings. The number of pyridine rings is 2. The summed E-state index contributed by atoms with van der Waals surface area (Å²) >= 11 is 0. The molecule has 1 saturated heterocycles. The first-order chi connectivity index (χ1) is 14.9. The minimum Gasteiger partial charge on any atom is -0.507 e. The third kappa shape index (κ3) is 4.54. The zero-order valence-electron chi connectivity index (χ0n) is 18.0. The molecule has 0 aliphatic carbocycles. The van der Waals surface area contributed by atoms with E-state index in [2.05, 4.69) is 16.8 Å². The van der Waals surface area contributed by atoms with Crippen LogP contribution in [0.2, 0.25) is 0 Å². The van der Waals surface area contributed by atoms with E-state index in [4.69, 9.17) is 0 Å². The molecule has 1 aliphatic heterocycles. The largest absolute Gasteiger partial charge is 0.507 e. The maximum absolute atomic E-state index is 14.1. The lowest BCUT2D eigenvalue weighted by Crippen LogP contribution is -2.40. The first-order valence-corrected chi connectivity index (χ1v) is 10.8. The van der Waals surface area contributed by atoms with Gasteiger partial charge in [0.15, 0.2) is 0 Å². The van der Waals surface area contributed by atoms with Gasteiger partial charge in [0.05, 0.1) is 23.8 Å². The van der Waals surface area contributed by atoms with Crippen molar-refractivity contribution in [2.45, 2.75) is 39.3 Å². The highest BCUT2D eigenvalue weighted by Crippen LogP contribution is 2.35. The molecule has 1 aromatic carbocycles. The molecule has 1 N–H and O–H groups in total. The van der Waals surface area contributed by atoms with Crippen LogP contribution in [0.3, 0.4) is 0 Å². The van der Waals surface area contributed by atoms with Gasteiger partial charge in [-0.3, -0.25) is 14.7 Å². The smallest absolute Gasteiger partial charge is 0.260 e. The van der Waals surface area contributed by atoms with E-state index in [9.17, 15) is 14.3 Å². The van der Waals surface area contributed by atoms with Crippen molar-refractivity contribution in [2.75, 3.05) is 13.1 Å². The van der Waals surface area contributed by atoms with E-state index >= 15 is 0 Å². The Bertz CT molecular complexity index is 1110. The van der Waals surface area contributed by atoms with Crippen LogP contribution < -0.4 is 5.56 Å². The van der Waals surface area contributed by atoms with Gasteiger partial charge >= 0.3 is 0 Å². The van der Waals surface area contributed by atoms with Gasteiger partial charge in [0.2, 0.25) is 0 Å². The molecular formula is C25H28FN3O2. The lowest BCUT2D eigenvalue weighted by atomic mass is 9.92. The predicted molar refractivity (Wildman–Crippen MR) is 119 cm³/mol. The van der Waals surface area contributed by atoms with E-state index in [1.54, 1.807) is 29.8 Å². The highest BCUT2D eigenvalue weighted by molar-refractivity contribution is 5.41. The molecule has 0 radical (unpaired) electrons. The SMILES string of the molecule is Cc1cc(O)c(C(c2cccc(F)c2)N2CCC(C)CC2)c(=O)n1Cc1ccccn1. The summed E-state index contributed by atoms with van der Waals surface area (Å²) in [6.45, 7) is 5.90. The Morgan fingerprint density at radius 3 is 2.61 bits per heavy atom. The van der Waals surface area contributed by atoms with Gasteiger partial charge < -0.3 is 9.67 Å². The summed E-state index contributed by atoms with van der Waals surface area (Å²) in [6.07, 6.45) is 3.70. The van der Waals surface area contributed by atoms with Gasteiger partial charge in [-0.2, -0.15) is 0 Å². The molecule has 1 unspecified atom stereocenters. The number of rotatable bonds is 5. The molecule has 0 spiro atoms. The summed E-state index contributed by atoms with van der Waals surface area (Å²) in [7, 11) is 0. The van der Waals surface area contributed by atoms with Crippen LogP contribution in [0, 0.1) is 18.7 Å². The highest BCUT2D eigenvalue weighted by atomic mass is 19.1. The van der Waals surface area contributed by atoms with Crippen LogP contribution in [0.5, 0.6) is 5.75 Å². The molecule has 1 atom stereocenters. The monoisotopic (exact) mass is 421 g/mol. The number of likely N-dealkylation sites (tertiary alicyclic amines) is 1. The maximum Gasteiger partial charge on any atom is 0.260 e. The van der Waals surface area contributed by atoms with Crippen molar-refractivity contribution in [3.8, 4) is 5.75 Å². The Morgan fingerprint density at radius 1 is 1.16 bits per heavy atom. The molecule has 2 aromatic heterocycles. The topological polar surface area (TPSA) is 58.4 Å². The van der Waals surface area contributed by atoms with Crippen LogP contribution in [0.4, 0.5) is 4.39 Å². The fraction of sp³-hybridized carbons (Fsp3) is 0.360. The normalized spacial score (nSPS) is 16.4. The molecule has 5 nitrogen and oxygen atoms in total. The number of piperidine rings is 1. The molecule has 0 saturated carbocycles. The summed E-state index contributed by atoms with van der Waals surface area (Å²) in [5, 5.41) is 10.9. The maximum atomic E-state index is 14.1. The molecule has 0 bridgehead atoms. The first-order valence-electron chi connectivity index (χ1n) is 10.8. The van der Waals surface area contributed by atoms with Gasteiger partial charge in [-0.05, 0) is 74.7 Å². The van der Waals surface area contributed by atoms with Crippen molar-refractivity contribution in [2.24, 2.45) is 5.92 Å². The van der Waals surface area contributed by atoms with Gasteiger partial charge in [0.25, 0.3) is 5.56 Å². The fourth-order valence-corrected chi connectivity index (χ4v) is 4.40. The molecule has 4 rings (SSSR count). The predicted octanol–water partition coefficient (Wildman–Crippen LogP) is 4.27. The van der Waals surface area contributed by atoms with E-state index in [0.29, 0.717) is 29.3 Å². The molecule has 0 amide bonds. The first kappa shape index (κ1) is 21.2. The number of aryl methyl sites for hydroxylation is 1. The lowest BCUT2D eigenvalue weighted by Gasteiger charge is -2.37. The van der Waals surface area contributed by atoms with Crippen molar-refractivity contribution in [3.05, 3.63) is 93.4 Å². The van der Waals surface area contributed by atoms with E-state index in [-0.39, 0.29) is 17.1 Å². The van der Waals surface area contributed by atoms with E-state index in [0.717, 1.165) is 31.6 Å². The Balaban J connectivity index is 1.84. The zero-order chi connectivity index (χ0) is 22.0. The van der Waals surface area contributed by atoms with Crippen molar-refractivity contribution in [1.29, 1.82) is 0 Å². The second-order valence-electron chi connectivity index (χ2n) is 8.47. The van der Waals surface area contributed by atoms with E-state index in [1.807, 2.05) is 24.3 Å². The number of hydrogen-bond acceptors (Lipinski definition) is 4. The molecule has 3 heterocycles. The molecule has 31 heavy (non-hydrogen) atoms. The van der Waals surface area contributed by atoms with E-state index in [1.165, 1.54) is 12.1 Å². The third-order valence-electron chi connectivity index (χ3n) is 6.19. The summed E-state index contributed by atoms with van der Waals surface area (Å²) in [5.74, 6) is 0.206. The Hall–Kier alpha value is -2.99. The lowest BCUT2D eigenvalue weighted by molar-refractivity contribution is 0.154. The number of nitrogens with zero attached hydrogens (tertiary/aromatic N) is 3. The van der Waals surface area contributed by atoms with Crippen molar-refractivity contribution >= 4 is 0 Å². The van der Waals surface area contributed by atoms with Crippen LogP contribution in [-0.2, 0) is 6.54 Å². The molecule has 1 aliphatic rings. The van der Waals surface area contributed by atoms with Gasteiger partial charge in [-0.25, -0.2) is 4.39 Å². The third-order valence-corrected chi connectivity index (χ3v) is 6.19. The van der Waals surface area contributed by atoms with Crippen LogP contribution >= 0.6 is 0 Å². The molecular weight excluding hydrogens is 393 g/mol. The minimum absolute atomic E-state index is 0.0485. The van der Waals surface area contributed by atoms with Crippen molar-refractivity contribution in [1.82, 2.24) is 14.5 Å². The average Bonchev–Trinajstić information content (AvgIpc) is 2.76. The number of hydrogen-bond donors (Lipinski definition) is 1. The number of benzene rings is 1. The second-order valence-corrected chi connectivity index (χ2v) is 8.47. The molecule has 6 heteroatoms. The minimum atomic E-state index is -0.508. The summed E-state index contributed by atoms with van der Waals surface area (Å²) in [5.41, 5.74) is 2.12. The van der Waals surface area contributed by atoms with Crippen LogP contribution in [0.15, 0.2) is 59.5 Å². The van der Waals surface area contributed by atoms with Gasteiger partial charge in [-0.15, -0.1) is 0 Å². The Labute approximate surface area is 181 Å². The van der Waals surface area contributed by atoms with Crippen LogP contribution in [0.1, 0.15) is 48.3 Å². The molecule has 162 valence electrons. The van der Waals surface area contributed by atoms with E-state index < -0.39 is 6.04 Å². The fourth-order valence-electron chi connectivity index (χ4n) is 4.40. The van der Waals surface area contributed by atoms with Gasteiger partial charge in [-0.1, -0.05) is 25.1 Å². The summed E-state index contributed by atoms with van der Waals surface area (Å²) in [4.78, 5) is 20.2. The van der Waals surface area contributed by atoms with Crippen molar-refractivity contribution in [3.63, 3.8) is 0 Å². The Kier molecular flexibility index (Phi) is 6.18. The molecule has 1 fully saturated rings. The highest BCUT2D eigenvalue weighted by Gasteiger charge is 2.31. The number of aromatic nitrogens is 2. The van der Waals surface area contributed by atoms with Crippen LogP contribution in [0.25, 0.3) is 0 Å². The zero-order valence-corrected chi connectivity index (χ0v) is 18.0. The van der Waals surface area contributed by atoms with Gasteiger partial charge in [0, 0.05) is 11.9 Å². The second kappa shape index (κ2) is 9.02. The number of halogens is 1.